The number of carbonyl (C=O) groups excluding carboxylic acids is 2. The highest BCUT2D eigenvalue weighted by Gasteiger charge is 2.21. The normalized spacial score (nSPS) is 12.0. The van der Waals surface area contributed by atoms with E-state index in [-0.39, 0.29) is 11.5 Å². The first-order chi connectivity index (χ1) is 15.7. The molecular weight excluding hydrogens is 442 g/mol. The third kappa shape index (κ3) is 4.78. The fraction of sp³-hybridized carbons (Fsp3) is 0.174. The summed E-state index contributed by atoms with van der Waals surface area (Å²) in [6.07, 6.45) is 1.82. The number of nitrogens with zero attached hydrogens (tertiary/aromatic N) is 3. The Bertz CT molecular complexity index is 1360. The van der Waals surface area contributed by atoms with Gasteiger partial charge in [-0.1, -0.05) is 17.7 Å². The first kappa shape index (κ1) is 22.2. The summed E-state index contributed by atoms with van der Waals surface area (Å²) < 4.78 is 0. The van der Waals surface area contributed by atoms with E-state index in [0.717, 1.165) is 33.3 Å². The van der Waals surface area contributed by atoms with Crippen molar-refractivity contribution in [1.29, 1.82) is 0 Å². The molecule has 0 aliphatic carbocycles. The number of hydrogen-bond donors (Lipinski definition) is 4. The Balaban J connectivity index is 1.72. The number of nitrogens with one attached hydrogen (secondary N) is 2. The highest BCUT2D eigenvalue weighted by molar-refractivity contribution is 6.29. The Labute approximate surface area is 194 Å². The Kier molecular flexibility index (Phi) is 5.97. The van der Waals surface area contributed by atoms with Gasteiger partial charge in [0.2, 0.25) is 0 Å². The molecule has 0 bridgehead atoms. The number of pyridine rings is 2. The SMILES string of the molecule is Cc1cc(N)nc(C)c1CC(NC(=O)c1c[nH]c(C(N)=O)n1)c1ccc2nc(Cl)ccc2c1. The van der Waals surface area contributed by atoms with Gasteiger partial charge >= 0.3 is 0 Å². The van der Waals surface area contributed by atoms with E-state index in [1.165, 1.54) is 6.20 Å². The zero-order valence-corrected chi connectivity index (χ0v) is 18.8. The molecule has 0 aliphatic heterocycles. The fourth-order valence-electron chi connectivity index (χ4n) is 3.79. The number of aromatic nitrogens is 4. The zero-order valence-electron chi connectivity index (χ0n) is 18.0. The first-order valence-corrected chi connectivity index (χ1v) is 10.5. The molecule has 1 unspecified atom stereocenters. The van der Waals surface area contributed by atoms with E-state index < -0.39 is 17.9 Å². The highest BCUT2D eigenvalue weighted by atomic mass is 35.5. The van der Waals surface area contributed by atoms with Crippen LogP contribution in [-0.4, -0.2) is 31.8 Å². The van der Waals surface area contributed by atoms with Crippen molar-refractivity contribution in [3.05, 3.63) is 81.7 Å². The third-order valence-electron chi connectivity index (χ3n) is 5.41. The highest BCUT2D eigenvalue weighted by Crippen LogP contribution is 2.27. The van der Waals surface area contributed by atoms with Crippen molar-refractivity contribution < 1.29 is 9.59 Å². The molecule has 3 aromatic heterocycles. The van der Waals surface area contributed by atoms with Crippen LogP contribution in [0.5, 0.6) is 0 Å². The lowest BCUT2D eigenvalue weighted by molar-refractivity contribution is 0.0932. The minimum absolute atomic E-state index is 0.0620. The molecule has 0 fully saturated rings. The summed E-state index contributed by atoms with van der Waals surface area (Å²) >= 11 is 6.01. The fourth-order valence-corrected chi connectivity index (χ4v) is 3.94. The van der Waals surface area contributed by atoms with Gasteiger partial charge in [-0.05, 0) is 67.3 Å². The van der Waals surface area contributed by atoms with Gasteiger partial charge < -0.3 is 21.8 Å². The second kappa shape index (κ2) is 8.87. The van der Waals surface area contributed by atoms with Crippen molar-refractivity contribution in [3.8, 4) is 0 Å². The van der Waals surface area contributed by atoms with Crippen LogP contribution in [0.2, 0.25) is 5.15 Å². The Morgan fingerprint density at radius 2 is 1.91 bits per heavy atom. The number of anilines is 1. The van der Waals surface area contributed by atoms with E-state index in [1.54, 1.807) is 12.1 Å². The van der Waals surface area contributed by atoms with Crippen LogP contribution in [0.1, 0.15) is 49.5 Å². The molecule has 6 N–H and O–H groups in total. The molecule has 4 aromatic rings. The van der Waals surface area contributed by atoms with Gasteiger partial charge in [0.15, 0.2) is 5.82 Å². The minimum Gasteiger partial charge on any atom is -0.384 e. The summed E-state index contributed by atoms with van der Waals surface area (Å²) in [5.74, 6) is -0.833. The number of aromatic amines is 1. The van der Waals surface area contributed by atoms with Gasteiger partial charge in [0.05, 0.1) is 11.6 Å². The van der Waals surface area contributed by atoms with Crippen LogP contribution >= 0.6 is 11.6 Å². The standard InChI is InChI=1S/C23H22ClN7O2/c1-11-7-20(25)28-12(2)15(11)9-17(31-23(33)18-10-27-22(30-18)21(26)32)14-3-5-16-13(8-14)4-6-19(24)29-16/h3-8,10,17H,9H2,1-2H3,(H2,25,28)(H2,26,32)(H,27,30)(H,31,33). The van der Waals surface area contributed by atoms with Crippen LogP contribution < -0.4 is 16.8 Å². The molecule has 4 rings (SSSR count). The average Bonchev–Trinajstić information content (AvgIpc) is 3.26. The topological polar surface area (TPSA) is 153 Å². The molecule has 0 saturated carbocycles. The Morgan fingerprint density at radius 3 is 2.61 bits per heavy atom. The number of H-pyrrole nitrogens is 1. The van der Waals surface area contributed by atoms with E-state index in [1.807, 2.05) is 38.1 Å². The van der Waals surface area contributed by atoms with Gasteiger partial charge in [-0.3, -0.25) is 9.59 Å². The van der Waals surface area contributed by atoms with Crippen LogP contribution in [-0.2, 0) is 6.42 Å². The Hall–Kier alpha value is -3.98. The lowest BCUT2D eigenvalue weighted by Gasteiger charge is -2.21. The van der Waals surface area contributed by atoms with Crippen molar-refractivity contribution in [2.45, 2.75) is 26.3 Å². The maximum Gasteiger partial charge on any atom is 0.284 e. The molecule has 9 nitrogen and oxygen atoms in total. The quantitative estimate of drug-likeness (QED) is 0.322. The molecule has 2 amide bonds. The predicted molar refractivity (Wildman–Crippen MR) is 126 cm³/mol. The van der Waals surface area contributed by atoms with E-state index >= 15 is 0 Å². The van der Waals surface area contributed by atoms with Crippen LogP contribution in [0.15, 0.2) is 42.6 Å². The van der Waals surface area contributed by atoms with E-state index in [9.17, 15) is 9.59 Å². The van der Waals surface area contributed by atoms with Crippen molar-refractivity contribution in [3.63, 3.8) is 0 Å². The number of primary amides is 1. The summed E-state index contributed by atoms with van der Waals surface area (Å²) in [4.78, 5) is 39.6. The molecular formula is C23H22ClN7O2. The predicted octanol–water partition coefficient (Wildman–Crippen LogP) is 3.02. The van der Waals surface area contributed by atoms with Crippen molar-refractivity contribution in [1.82, 2.24) is 25.3 Å². The maximum atomic E-state index is 13.0. The number of benzene rings is 1. The van der Waals surface area contributed by atoms with Crippen LogP contribution in [0.4, 0.5) is 5.82 Å². The summed E-state index contributed by atoms with van der Waals surface area (Å²) in [6, 6.07) is 10.7. The molecule has 0 radical (unpaired) electrons. The maximum absolute atomic E-state index is 13.0. The largest absolute Gasteiger partial charge is 0.384 e. The number of fused-ring (bicyclic) bond motifs is 1. The third-order valence-corrected chi connectivity index (χ3v) is 5.62. The molecule has 33 heavy (non-hydrogen) atoms. The number of halogens is 1. The molecule has 0 aliphatic rings. The second-order valence-corrected chi connectivity index (χ2v) is 8.13. The number of carbonyl (C=O) groups is 2. The number of imidazole rings is 1. The van der Waals surface area contributed by atoms with Gasteiger partial charge in [-0.25, -0.2) is 15.0 Å². The number of amides is 2. The Morgan fingerprint density at radius 1 is 1.12 bits per heavy atom. The van der Waals surface area contributed by atoms with Crippen LogP contribution in [0.25, 0.3) is 10.9 Å². The summed E-state index contributed by atoms with van der Waals surface area (Å²) in [5, 5.41) is 4.31. The molecule has 0 spiro atoms. The van der Waals surface area contributed by atoms with Crippen molar-refractivity contribution >= 4 is 40.1 Å². The number of rotatable bonds is 6. The van der Waals surface area contributed by atoms with Crippen LogP contribution in [0, 0.1) is 13.8 Å². The number of nitrogen functional groups attached to an aromatic ring is 1. The second-order valence-electron chi connectivity index (χ2n) is 7.74. The van der Waals surface area contributed by atoms with Crippen LogP contribution in [0.3, 0.4) is 0 Å². The smallest absolute Gasteiger partial charge is 0.284 e. The molecule has 3 heterocycles. The lowest BCUT2D eigenvalue weighted by atomic mass is 9.94. The van der Waals surface area contributed by atoms with E-state index in [4.69, 9.17) is 23.1 Å². The number of aryl methyl sites for hydroxylation is 2. The van der Waals surface area contributed by atoms with E-state index in [2.05, 4.69) is 25.3 Å². The van der Waals surface area contributed by atoms with E-state index in [0.29, 0.717) is 17.4 Å². The molecule has 0 saturated heterocycles. The average molecular weight is 464 g/mol. The van der Waals surface area contributed by atoms with Gasteiger partial charge in [0, 0.05) is 17.3 Å². The first-order valence-electron chi connectivity index (χ1n) is 10.2. The minimum atomic E-state index is -0.745. The van der Waals surface area contributed by atoms with Crippen molar-refractivity contribution in [2.24, 2.45) is 5.73 Å². The molecule has 1 atom stereocenters. The van der Waals surface area contributed by atoms with Gasteiger partial charge in [0.25, 0.3) is 11.8 Å². The summed E-state index contributed by atoms with van der Waals surface area (Å²) in [7, 11) is 0. The van der Waals surface area contributed by atoms with Gasteiger partial charge in [-0.2, -0.15) is 0 Å². The van der Waals surface area contributed by atoms with Crippen molar-refractivity contribution in [2.75, 3.05) is 5.73 Å². The number of hydrogen-bond acceptors (Lipinski definition) is 6. The summed E-state index contributed by atoms with van der Waals surface area (Å²) in [6.45, 7) is 3.84. The monoisotopic (exact) mass is 463 g/mol. The number of nitrogens with two attached hydrogens (primary N) is 2. The van der Waals surface area contributed by atoms with Gasteiger partial charge in [0.1, 0.15) is 16.7 Å². The lowest BCUT2D eigenvalue weighted by Crippen LogP contribution is -2.31. The summed E-state index contributed by atoms with van der Waals surface area (Å²) in [5.41, 5.74) is 15.5. The molecule has 1 aromatic carbocycles. The zero-order chi connectivity index (χ0) is 23.7. The molecule has 168 valence electrons. The molecule has 10 heteroatoms. The van der Waals surface area contributed by atoms with Gasteiger partial charge in [-0.15, -0.1) is 0 Å².